The summed E-state index contributed by atoms with van der Waals surface area (Å²) in [6, 6.07) is 25.0. The summed E-state index contributed by atoms with van der Waals surface area (Å²) in [5.74, 6) is -4.56. The first-order valence-electron chi connectivity index (χ1n) is 11.5. The number of ether oxygens (including phenoxy) is 2. The van der Waals surface area contributed by atoms with Crippen LogP contribution in [0.15, 0.2) is 91.0 Å². The van der Waals surface area contributed by atoms with Crippen LogP contribution in [0.5, 0.6) is 0 Å². The zero-order valence-electron chi connectivity index (χ0n) is 19.9. The van der Waals surface area contributed by atoms with Crippen LogP contribution in [0.3, 0.4) is 0 Å². The molecule has 0 aliphatic carbocycles. The van der Waals surface area contributed by atoms with Gasteiger partial charge in [0, 0.05) is 6.42 Å². The Morgan fingerprint density at radius 1 is 0.649 bits per heavy atom. The summed E-state index contributed by atoms with van der Waals surface area (Å²) >= 11 is 0. The summed E-state index contributed by atoms with van der Waals surface area (Å²) < 4.78 is 10.0. The third-order valence-electron chi connectivity index (χ3n) is 5.16. The van der Waals surface area contributed by atoms with Crippen LogP contribution in [0.1, 0.15) is 16.7 Å². The second-order valence-electron chi connectivity index (χ2n) is 7.98. The zero-order chi connectivity index (χ0) is 26.5. The standard InChI is InChI=1S/C28H26N2O7/c31-24(17-29-28(35)37-19-22-14-8-3-9-15-22)30-23(16-20-10-4-1-5-11-20)25(32)26(33)27(34)36-18-21-12-6-2-7-13-21/h1-15,23H,16-19H2,(H,29,35)(H,30,31)/t23-/m0/s1. The van der Waals surface area contributed by atoms with E-state index in [1.165, 1.54) is 0 Å². The largest absolute Gasteiger partial charge is 0.455 e. The van der Waals surface area contributed by atoms with Gasteiger partial charge in [-0.15, -0.1) is 0 Å². The molecule has 0 aliphatic heterocycles. The van der Waals surface area contributed by atoms with Crippen molar-refractivity contribution in [2.24, 2.45) is 0 Å². The number of carbonyl (C=O) groups is 5. The fourth-order valence-corrected chi connectivity index (χ4v) is 3.28. The molecule has 3 aromatic carbocycles. The minimum atomic E-state index is -1.38. The van der Waals surface area contributed by atoms with E-state index in [1.54, 1.807) is 84.9 Å². The topological polar surface area (TPSA) is 128 Å². The van der Waals surface area contributed by atoms with Gasteiger partial charge in [0.25, 0.3) is 0 Å². The lowest BCUT2D eigenvalue weighted by Gasteiger charge is -2.17. The molecule has 0 heterocycles. The molecule has 0 aromatic heterocycles. The highest BCUT2D eigenvalue weighted by atomic mass is 16.5. The zero-order valence-corrected chi connectivity index (χ0v) is 19.9. The molecule has 0 bridgehead atoms. The third kappa shape index (κ3) is 9.06. The Bertz CT molecular complexity index is 1220. The average molecular weight is 503 g/mol. The first-order valence-corrected chi connectivity index (χ1v) is 11.5. The average Bonchev–Trinajstić information content (AvgIpc) is 2.94. The van der Waals surface area contributed by atoms with Crippen molar-refractivity contribution in [2.45, 2.75) is 25.7 Å². The maximum absolute atomic E-state index is 12.9. The molecule has 0 spiro atoms. The van der Waals surface area contributed by atoms with Crippen molar-refractivity contribution in [1.29, 1.82) is 0 Å². The van der Waals surface area contributed by atoms with Crippen molar-refractivity contribution in [3.05, 3.63) is 108 Å². The maximum atomic E-state index is 12.9. The van der Waals surface area contributed by atoms with Gasteiger partial charge in [-0.1, -0.05) is 91.0 Å². The van der Waals surface area contributed by atoms with Crippen LogP contribution in [0.25, 0.3) is 0 Å². The Morgan fingerprint density at radius 2 is 1.14 bits per heavy atom. The number of esters is 1. The Hall–Kier alpha value is -4.79. The molecule has 190 valence electrons. The molecule has 0 saturated carbocycles. The Kier molecular flexibility index (Phi) is 10.1. The third-order valence-corrected chi connectivity index (χ3v) is 5.16. The van der Waals surface area contributed by atoms with Gasteiger partial charge in [0.1, 0.15) is 25.8 Å². The van der Waals surface area contributed by atoms with Gasteiger partial charge in [0.05, 0.1) is 0 Å². The van der Waals surface area contributed by atoms with Gasteiger partial charge in [-0.05, 0) is 16.7 Å². The monoisotopic (exact) mass is 502 g/mol. The Morgan fingerprint density at radius 3 is 1.68 bits per heavy atom. The number of Topliss-reactive ketones (excluding diaryl/α,β-unsaturated/α-hetero) is 2. The number of alkyl carbamates (subject to hydrolysis) is 1. The summed E-state index contributed by atoms with van der Waals surface area (Å²) in [5.41, 5.74) is 2.07. The summed E-state index contributed by atoms with van der Waals surface area (Å²) in [6.07, 6.45) is -0.868. The lowest BCUT2D eigenvalue weighted by Crippen LogP contribution is -2.50. The van der Waals surface area contributed by atoms with Crippen molar-refractivity contribution in [1.82, 2.24) is 10.6 Å². The SMILES string of the molecule is O=C(CNC(=O)OCc1ccccc1)N[C@@H](Cc1ccccc1)C(=O)C(=O)C(=O)OCc1ccccc1. The van der Waals surface area contributed by atoms with E-state index in [0.717, 1.165) is 5.56 Å². The molecule has 1 atom stereocenters. The predicted octanol–water partition coefficient (Wildman–Crippen LogP) is 2.52. The summed E-state index contributed by atoms with van der Waals surface area (Å²) in [6.45, 7) is -0.661. The number of amides is 2. The number of hydrogen-bond donors (Lipinski definition) is 2. The highest BCUT2D eigenvalue weighted by Gasteiger charge is 2.32. The number of rotatable bonds is 12. The predicted molar refractivity (Wildman–Crippen MR) is 133 cm³/mol. The fraction of sp³-hybridized carbons (Fsp3) is 0.179. The summed E-state index contributed by atoms with van der Waals surface area (Å²) in [4.78, 5) is 62.0. The Labute approximate surface area is 213 Å². The van der Waals surface area contributed by atoms with Crippen LogP contribution < -0.4 is 10.6 Å². The van der Waals surface area contributed by atoms with Gasteiger partial charge in [0.15, 0.2) is 0 Å². The first-order chi connectivity index (χ1) is 17.9. The number of nitrogens with one attached hydrogen (secondary N) is 2. The molecule has 37 heavy (non-hydrogen) atoms. The highest BCUT2D eigenvalue weighted by Crippen LogP contribution is 2.07. The smallest absolute Gasteiger partial charge is 0.407 e. The molecule has 3 aromatic rings. The number of carbonyl (C=O) groups excluding carboxylic acids is 5. The molecule has 0 radical (unpaired) electrons. The van der Waals surface area contributed by atoms with Crippen LogP contribution in [0.2, 0.25) is 0 Å². The van der Waals surface area contributed by atoms with Crippen LogP contribution in [-0.2, 0) is 48.3 Å². The molecule has 3 rings (SSSR count). The van der Waals surface area contributed by atoms with E-state index in [4.69, 9.17) is 9.47 Å². The van der Waals surface area contributed by atoms with E-state index in [2.05, 4.69) is 10.6 Å². The second kappa shape index (κ2) is 13.9. The van der Waals surface area contributed by atoms with Crippen molar-refractivity contribution >= 4 is 29.5 Å². The molecular formula is C28H26N2O7. The molecule has 9 heteroatoms. The van der Waals surface area contributed by atoms with Crippen molar-refractivity contribution in [3.8, 4) is 0 Å². The quantitative estimate of drug-likeness (QED) is 0.221. The molecular weight excluding hydrogens is 476 g/mol. The molecule has 2 amide bonds. The van der Waals surface area contributed by atoms with Crippen LogP contribution >= 0.6 is 0 Å². The minimum absolute atomic E-state index is 0.0169. The van der Waals surface area contributed by atoms with Crippen molar-refractivity contribution in [3.63, 3.8) is 0 Å². The van der Waals surface area contributed by atoms with E-state index >= 15 is 0 Å². The molecule has 9 nitrogen and oxygen atoms in total. The number of benzene rings is 3. The summed E-state index contributed by atoms with van der Waals surface area (Å²) in [7, 11) is 0. The fourth-order valence-electron chi connectivity index (χ4n) is 3.28. The minimum Gasteiger partial charge on any atom is -0.455 e. The number of ketones is 2. The normalized spacial score (nSPS) is 11.0. The molecule has 2 N–H and O–H groups in total. The van der Waals surface area contributed by atoms with Crippen LogP contribution in [0.4, 0.5) is 4.79 Å². The maximum Gasteiger partial charge on any atom is 0.407 e. The van der Waals surface area contributed by atoms with Gasteiger partial charge >= 0.3 is 17.8 Å². The van der Waals surface area contributed by atoms with Crippen molar-refractivity contribution in [2.75, 3.05) is 6.54 Å². The van der Waals surface area contributed by atoms with Gasteiger partial charge in [0.2, 0.25) is 11.7 Å². The van der Waals surface area contributed by atoms with Gasteiger partial charge in [-0.2, -0.15) is 0 Å². The Balaban J connectivity index is 1.56. The molecule has 0 fully saturated rings. The van der Waals surface area contributed by atoms with E-state index in [9.17, 15) is 24.0 Å². The summed E-state index contributed by atoms with van der Waals surface area (Å²) in [5, 5.41) is 4.71. The van der Waals surface area contributed by atoms with E-state index in [-0.39, 0.29) is 19.6 Å². The van der Waals surface area contributed by atoms with Gasteiger partial charge in [-0.25, -0.2) is 9.59 Å². The van der Waals surface area contributed by atoms with Gasteiger partial charge < -0.3 is 20.1 Å². The van der Waals surface area contributed by atoms with Gasteiger partial charge in [-0.3, -0.25) is 14.4 Å². The lowest BCUT2D eigenvalue weighted by molar-refractivity contribution is -0.158. The van der Waals surface area contributed by atoms with E-state index in [1.807, 2.05) is 6.07 Å². The lowest BCUT2D eigenvalue weighted by atomic mass is 10.00. The van der Waals surface area contributed by atoms with Crippen LogP contribution in [-0.4, -0.2) is 42.1 Å². The first kappa shape index (κ1) is 26.8. The molecule has 0 unspecified atom stereocenters. The van der Waals surface area contributed by atoms with E-state index < -0.39 is 42.1 Å². The molecule has 0 aliphatic rings. The van der Waals surface area contributed by atoms with E-state index in [0.29, 0.717) is 11.1 Å². The molecule has 0 saturated heterocycles. The number of hydrogen-bond acceptors (Lipinski definition) is 7. The van der Waals surface area contributed by atoms with Crippen molar-refractivity contribution < 1.29 is 33.4 Å². The second-order valence-corrected chi connectivity index (χ2v) is 7.98. The van der Waals surface area contributed by atoms with Crippen LogP contribution in [0, 0.1) is 0 Å². The highest BCUT2D eigenvalue weighted by molar-refractivity contribution is 6.63.